The molecule has 0 aliphatic rings. The predicted octanol–water partition coefficient (Wildman–Crippen LogP) is 2.27. The Kier molecular flexibility index (Phi) is 3.15. The third-order valence-electron chi connectivity index (χ3n) is 1.79. The molecule has 0 radical (unpaired) electrons. The fraction of sp³-hybridized carbons (Fsp3) is 0.300. The normalized spacial score (nSPS) is 12.0. The molecule has 68 valence electrons. The zero-order valence-corrected chi connectivity index (χ0v) is 7.58. The van der Waals surface area contributed by atoms with Crippen molar-refractivity contribution in [3.8, 4) is 6.07 Å². The van der Waals surface area contributed by atoms with E-state index in [4.69, 9.17) is 15.4 Å². The van der Waals surface area contributed by atoms with E-state index in [9.17, 15) is 0 Å². The maximum absolute atomic E-state index is 8.81. The van der Waals surface area contributed by atoms with Crippen LogP contribution < -0.4 is 5.73 Å². The van der Waals surface area contributed by atoms with Crippen LogP contribution in [0, 0.1) is 11.3 Å². The van der Waals surface area contributed by atoms with Gasteiger partial charge in [0.25, 0.3) is 0 Å². The molecule has 0 atom stereocenters. The van der Waals surface area contributed by atoms with Gasteiger partial charge in [-0.3, -0.25) is 0 Å². The van der Waals surface area contributed by atoms with Gasteiger partial charge in [-0.1, -0.05) is 13.3 Å². The minimum atomic E-state index is 0.526. The lowest BCUT2D eigenvalue weighted by Crippen LogP contribution is -1.99. The molecule has 3 nitrogen and oxygen atoms in total. The number of furan rings is 1. The van der Waals surface area contributed by atoms with E-state index in [0.717, 1.165) is 12.0 Å². The Labute approximate surface area is 77.5 Å². The second kappa shape index (κ2) is 4.36. The first-order chi connectivity index (χ1) is 6.29. The molecule has 0 fully saturated rings. The Morgan fingerprint density at radius 3 is 2.92 bits per heavy atom. The van der Waals surface area contributed by atoms with E-state index in [-0.39, 0.29) is 0 Å². The first-order valence-corrected chi connectivity index (χ1v) is 4.21. The first kappa shape index (κ1) is 9.40. The molecule has 0 aliphatic carbocycles. The highest BCUT2D eigenvalue weighted by atomic mass is 16.3. The summed E-state index contributed by atoms with van der Waals surface area (Å²) in [4.78, 5) is 0. The van der Waals surface area contributed by atoms with Crippen LogP contribution in [0.3, 0.4) is 0 Å². The summed E-state index contributed by atoms with van der Waals surface area (Å²) in [5, 5.41) is 8.81. The van der Waals surface area contributed by atoms with Crippen molar-refractivity contribution in [3.05, 3.63) is 29.7 Å². The zero-order valence-electron chi connectivity index (χ0n) is 7.58. The summed E-state index contributed by atoms with van der Waals surface area (Å²) in [5.41, 5.74) is 7.71. The van der Waals surface area contributed by atoms with Crippen LogP contribution in [0.25, 0.3) is 5.70 Å². The van der Waals surface area contributed by atoms with Gasteiger partial charge in [0, 0.05) is 5.56 Å². The number of rotatable bonds is 3. The third kappa shape index (κ3) is 2.12. The van der Waals surface area contributed by atoms with Crippen LogP contribution in [0.2, 0.25) is 0 Å². The molecule has 0 aliphatic heterocycles. The maximum Gasteiger partial charge on any atom is 0.0995 e. The van der Waals surface area contributed by atoms with E-state index < -0.39 is 0 Å². The molecule has 1 aromatic rings. The zero-order chi connectivity index (χ0) is 9.68. The Balaban J connectivity index is 2.96. The Morgan fingerprint density at radius 2 is 2.46 bits per heavy atom. The topological polar surface area (TPSA) is 63.0 Å². The molecular formula is C10H12N2O. The highest BCUT2D eigenvalue weighted by Crippen LogP contribution is 2.16. The number of allylic oxidation sites excluding steroid dienone is 1. The molecule has 0 spiro atoms. The average Bonchev–Trinajstić information content (AvgIpc) is 2.65. The molecular weight excluding hydrogens is 164 g/mol. The van der Waals surface area contributed by atoms with Gasteiger partial charge in [-0.05, 0) is 12.5 Å². The van der Waals surface area contributed by atoms with Crippen molar-refractivity contribution in [1.29, 1.82) is 5.26 Å². The SMILES string of the molecule is CCC/C(C#N)=C(/N)c1ccoc1. The lowest BCUT2D eigenvalue weighted by atomic mass is 10.1. The highest BCUT2D eigenvalue weighted by molar-refractivity contribution is 5.68. The van der Waals surface area contributed by atoms with Crippen molar-refractivity contribution in [2.75, 3.05) is 0 Å². The fourth-order valence-corrected chi connectivity index (χ4v) is 1.09. The number of nitriles is 1. The Bertz CT molecular complexity index is 330. The van der Waals surface area contributed by atoms with E-state index in [1.54, 1.807) is 18.6 Å². The van der Waals surface area contributed by atoms with Crippen LogP contribution in [-0.4, -0.2) is 0 Å². The Hall–Kier alpha value is -1.69. The predicted molar refractivity (Wildman–Crippen MR) is 50.3 cm³/mol. The number of nitrogens with zero attached hydrogens (tertiary/aromatic N) is 1. The van der Waals surface area contributed by atoms with Gasteiger partial charge in [-0.2, -0.15) is 5.26 Å². The van der Waals surface area contributed by atoms with Gasteiger partial charge >= 0.3 is 0 Å². The summed E-state index contributed by atoms with van der Waals surface area (Å²) in [6, 6.07) is 3.86. The van der Waals surface area contributed by atoms with Gasteiger partial charge in [-0.15, -0.1) is 0 Å². The number of hydrogen-bond donors (Lipinski definition) is 1. The molecule has 1 heterocycles. The monoisotopic (exact) mass is 176 g/mol. The first-order valence-electron chi connectivity index (χ1n) is 4.21. The van der Waals surface area contributed by atoms with Gasteiger partial charge in [0.15, 0.2) is 0 Å². The molecule has 0 amide bonds. The van der Waals surface area contributed by atoms with Crippen molar-refractivity contribution in [2.45, 2.75) is 19.8 Å². The van der Waals surface area contributed by atoms with E-state index in [1.165, 1.54) is 0 Å². The second-order valence-corrected chi connectivity index (χ2v) is 2.77. The van der Waals surface area contributed by atoms with Crippen LogP contribution >= 0.6 is 0 Å². The summed E-state index contributed by atoms with van der Waals surface area (Å²) in [7, 11) is 0. The van der Waals surface area contributed by atoms with E-state index in [1.807, 2.05) is 6.92 Å². The standard InChI is InChI=1S/C10H12N2O/c1-2-3-8(6-11)10(12)9-4-5-13-7-9/h4-5,7H,2-3,12H2,1H3/b10-8-. The molecule has 0 unspecified atom stereocenters. The van der Waals surface area contributed by atoms with Gasteiger partial charge in [0.05, 0.1) is 29.9 Å². The lowest BCUT2D eigenvalue weighted by Gasteiger charge is -2.00. The minimum Gasteiger partial charge on any atom is -0.472 e. The van der Waals surface area contributed by atoms with Crippen molar-refractivity contribution in [3.63, 3.8) is 0 Å². The lowest BCUT2D eigenvalue weighted by molar-refractivity contribution is 0.566. The van der Waals surface area contributed by atoms with Crippen molar-refractivity contribution in [2.24, 2.45) is 5.73 Å². The van der Waals surface area contributed by atoms with Gasteiger partial charge in [-0.25, -0.2) is 0 Å². The summed E-state index contributed by atoms with van der Waals surface area (Å²) < 4.78 is 4.88. The molecule has 0 saturated heterocycles. The van der Waals surface area contributed by atoms with Crippen LogP contribution in [0.4, 0.5) is 0 Å². The summed E-state index contributed by atoms with van der Waals surface area (Å²) in [6.07, 6.45) is 4.72. The van der Waals surface area contributed by atoms with E-state index in [0.29, 0.717) is 17.7 Å². The molecule has 1 aromatic heterocycles. The van der Waals surface area contributed by atoms with Crippen LogP contribution in [0.5, 0.6) is 0 Å². The quantitative estimate of drug-likeness (QED) is 0.718. The van der Waals surface area contributed by atoms with E-state index in [2.05, 4.69) is 6.07 Å². The van der Waals surface area contributed by atoms with E-state index >= 15 is 0 Å². The number of nitrogens with two attached hydrogens (primary N) is 1. The molecule has 1 rings (SSSR count). The molecule has 0 bridgehead atoms. The van der Waals surface area contributed by atoms with Crippen LogP contribution in [0.1, 0.15) is 25.3 Å². The molecule has 13 heavy (non-hydrogen) atoms. The molecule has 0 aromatic carbocycles. The van der Waals surface area contributed by atoms with Crippen LogP contribution in [-0.2, 0) is 0 Å². The average molecular weight is 176 g/mol. The highest BCUT2D eigenvalue weighted by Gasteiger charge is 2.05. The van der Waals surface area contributed by atoms with Crippen molar-refractivity contribution >= 4 is 5.70 Å². The largest absolute Gasteiger partial charge is 0.472 e. The summed E-state index contributed by atoms with van der Waals surface area (Å²) in [6.45, 7) is 2.01. The summed E-state index contributed by atoms with van der Waals surface area (Å²) >= 11 is 0. The smallest absolute Gasteiger partial charge is 0.0995 e. The third-order valence-corrected chi connectivity index (χ3v) is 1.79. The molecule has 0 saturated carbocycles. The Morgan fingerprint density at radius 1 is 1.69 bits per heavy atom. The summed E-state index contributed by atoms with van der Waals surface area (Å²) in [5.74, 6) is 0. The van der Waals surface area contributed by atoms with Gasteiger partial charge in [0.2, 0.25) is 0 Å². The second-order valence-electron chi connectivity index (χ2n) is 2.77. The minimum absolute atomic E-state index is 0.526. The van der Waals surface area contributed by atoms with Gasteiger partial charge < -0.3 is 10.2 Å². The fourth-order valence-electron chi connectivity index (χ4n) is 1.09. The maximum atomic E-state index is 8.81. The van der Waals surface area contributed by atoms with Crippen LogP contribution in [0.15, 0.2) is 28.6 Å². The van der Waals surface area contributed by atoms with Gasteiger partial charge in [0.1, 0.15) is 0 Å². The van der Waals surface area contributed by atoms with Crippen molar-refractivity contribution in [1.82, 2.24) is 0 Å². The van der Waals surface area contributed by atoms with Crippen molar-refractivity contribution < 1.29 is 4.42 Å². The molecule has 3 heteroatoms. The molecule has 2 N–H and O–H groups in total. The number of hydrogen-bond acceptors (Lipinski definition) is 3.